The van der Waals surface area contributed by atoms with E-state index in [1.54, 1.807) is 12.1 Å². The normalized spacial score (nSPS) is 10.9. The third-order valence-electron chi connectivity index (χ3n) is 4.88. The molecule has 0 aliphatic carbocycles. The second kappa shape index (κ2) is 8.53. The molecule has 0 aliphatic rings. The summed E-state index contributed by atoms with van der Waals surface area (Å²) in [7, 11) is 0. The summed E-state index contributed by atoms with van der Waals surface area (Å²) in [5.74, 6) is 0. The van der Waals surface area contributed by atoms with Crippen molar-refractivity contribution in [3.8, 4) is 22.5 Å². The van der Waals surface area contributed by atoms with E-state index in [0.29, 0.717) is 6.54 Å². The summed E-state index contributed by atoms with van der Waals surface area (Å²) in [5.41, 5.74) is 5.91. The minimum Gasteiger partial charge on any atom is -0.260 e. The molecule has 0 saturated heterocycles. The summed E-state index contributed by atoms with van der Waals surface area (Å²) in [6, 6.07) is 22.8. The van der Waals surface area contributed by atoms with Gasteiger partial charge in [-0.1, -0.05) is 68.3 Å². The van der Waals surface area contributed by atoms with Crippen molar-refractivity contribution >= 4 is 37.5 Å². The largest absolute Gasteiger partial charge is 0.269 e. The molecule has 0 fully saturated rings. The second-order valence-electron chi connectivity index (χ2n) is 6.92. The van der Waals surface area contributed by atoms with Crippen LogP contribution in [0.15, 0.2) is 81.7 Å². The highest BCUT2D eigenvalue weighted by Crippen LogP contribution is 2.33. The van der Waals surface area contributed by atoms with Crippen molar-refractivity contribution in [2.75, 3.05) is 0 Å². The van der Waals surface area contributed by atoms with E-state index in [-0.39, 0.29) is 10.6 Å². The molecule has 1 heterocycles. The molecular weight excluding hydrogens is 510 g/mol. The molecule has 0 aliphatic heterocycles. The Morgan fingerprint density at radius 3 is 2.13 bits per heavy atom. The molecule has 5 nitrogen and oxygen atoms in total. The first-order valence-corrected chi connectivity index (χ1v) is 10.8. The lowest BCUT2D eigenvalue weighted by atomic mass is 10.0. The van der Waals surface area contributed by atoms with Gasteiger partial charge in [0, 0.05) is 37.8 Å². The maximum Gasteiger partial charge on any atom is 0.269 e. The Labute approximate surface area is 190 Å². The number of benzene rings is 3. The molecule has 7 heteroatoms. The van der Waals surface area contributed by atoms with Gasteiger partial charge in [0.15, 0.2) is 0 Å². The second-order valence-corrected chi connectivity index (χ2v) is 8.75. The van der Waals surface area contributed by atoms with E-state index >= 15 is 0 Å². The number of hydrogen-bond donors (Lipinski definition) is 0. The zero-order valence-electron chi connectivity index (χ0n) is 16.0. The van der Waals surface area contributed by atoms with E-state index in [0.717, 1.165) is 42.6 Å². The molecule has 150 valence electrons. The SMILES string of the molecule is Cc1c(-c2ccc(Br)cc2)nn(Cc2cccc([N+](=O)[O-])c2)c1-c1ccc(Br)cc1. The highest BCUT2D eigenvalue weighted by molar-refractivity contribution is 9.10. The molecule has 4 aromatic rings. The van der Waals surface area contributed by atoms with Gasteiger partial charge in [0.1, 0.15) is 0 Å². The molecule has 0 bridgehead atoms. The van der Waals surface area contributed by atoms with Crippen LogP contribution in [0.25, 0.3) is 22.5 Å². The molecule has 0 N–H and O–H groups in total. The zero-order valence-corrected chi connectivity index (χ0v) is 19.2. The van der Waals surface area contributed by atoms with Gasteiger partial charge in [0.2, 0.25) is 0 Å². The van der Waals surface area contributed by atoms with Crippen LogP contribution in [-0.4, -0.2) is 14.7 Å². The van der Waals surface area contributed by atoms with E-state index in [2.05, 4.69) is 38.8 Å². The lowest BCUT2D eigenvalue weighted by molar-refractivity contribution is -0.384. The predicted molar refractivity (Wildman–Crippen MR) is 125 cm³/mol. The smallest absolute Gasteiger partial charge is 0.260 e. The van der Waals surface area contributed by atoms with E-state index in [1.165, 1.54) is 6.07 Å². The average molecular weight is 527 g/mol. The summed E-state index contributed by atoms with van der Waals surface area (Å²) in [5, 5.41) is 16.1. The van der Waals surface area contributed by atoms with Crippen LogP contribution in [0, 0.1) is 17.0 Å². The highest BCUT2D eigenvalue weighted by atomic mass is 79.9. The Morgan fingerprint density at radius 2 is 1.53 bits per heavy atom. The Balaban J connectivity index is 1.84. The van der Waals surface area contributed by atoms with E-state index < -0.39 is 0 Å². The molecule has 0 saturated carbocycles. The number of halogens is 2. The summed E-state index contributed by atoms with van der Waals surface area (Å²) < 4.78 is 3.93. The molecule has 1 aromatic heterocycles. The first kappa shape index (κ1) is 20.5. The van der Waals surface area contributed by atoms with Crippen LogP contribution in [0.1, 0.15) is 11.1 Å². The zero-order chi connectivity index (χ0) is 21.3. The quantitative estimate of drug-likeness (QED) is 0.207. The van der Waals surface area contributed by atoms with Crippen LogP contribution in [0.5, 0.6) is 0 Å². The number of non-ortho nitro benzene ring substituents is 1. The van der Waals surface area contributed by atoms with Crippen LogP contribution in [0.4, 0.5) is 5.69 Å². The minimum absolute atomic E-state index is 0.0784. The molecule has 0 amide bonds. The Morgan fingerprint density at radius 1 is 0.933 bits per heavy atom. The molecule has 0 unspecified atom stereocenters. The van der Waals surface area contributed by atoms with Crippen molar-refractivity contribution in [1.82, 2.24) is 9.78 Å². The van der Waals surface area contributed by atoms with Crippen molar-refractivity contribution in [3.63, 3.8) is 0 Å². The van der Waals surface area contributed by atoms with Crippen molar-refractivity contribution < 1.29 is 4.92 Å². The molecule has 3 aromatic carbocycles. The number of aromatic nitrogens is 2. The number of hydrogen-bond acceptors (Lipinski definition) is 3. The third-order valence-corrected chi connectivity index (χ3v) is 5.94. The maximum absolute atomic E-state index is 11.2. The number of nitrogens with zero attached hydrogens (tertiary/aromatic N) is 3. The molecular formula is C23H17Br2N3O2. The van der Waals surface area contributed by atoms with Gasteiger partial charge in [-0.05, 0) is 36.8 Å². The van der Waals surface area contributed by atoms with Crippen LogP contribution >= 0.6 is 31.9 Å². The molecule has 4 rings (SSSR count). The maximum atomic E-state index is 11.2. The molecule has 30 heavy (non-hydrogen) atoms. The molecule has 0 spiro atoms. The van der Waals surface area contributed by atoms with Gasteiger partial charge in [0.05, 0.1) is 22.9 Å². The van der Waals surface area contributed by atoms with Crippen LogP contribution in [0.2, 0.25) is 0 Å². The first-order chi connectivity index (χ1) is 14.4. The van der Waals surface area contributed by atoms with Crippen LogP contribution in [0.3, 0.4) is 0 Å². The fourth-order valence-electron chi connectivity index (χ4n) is 3.46. The van der Waals surface area contributed by atoms with E-state index in [4.69, 9.17) is 5.10 Å². The highest BCUT2D eigenvalue weighted by Gasteiger charge is 2.18. The summed E-state index contributed by atoms with van der Waals surface area (Å²) in [4.78, 5) is 10.8. The van der Waals surface area contributed by atoms with Crippen molar-refractivity contribution in [1.29, 1.82) is 0 Å². The fourth-order valence-corrected chi connectivity index (χ4v) is 3.99. The summed E-state index contributed by atoms with van der Waals surface area (Å²) in [6.07, 6.45) is 0. The lowest BCUT2D eigenvalue weighted by Gasteiger charge is -2.09. The average Bonchev–Trinajstić information content (AvgIpc) is 3.05. The topological polar surface area (TPSA) is 61.0 Å². The van der Waals surface area contributed by atoms with Gasteiger partial charge in [-0.2, -0.15) is 5.10 Å². The van der Waals surface area contributed by atoms with Crippen molar-refractivity contribution in [2.24, 2.45) is 0 Å². The van der Waals surface area contributed by atoms with Crippen molar-refractivity contribution in [3.05, 3.63) is 103 Å². The summed E-state index contributed by atoms with van der Waals surface area (Å²) in [6.45, 7) is 2.50. The van der Waals surface area contributed by atoms with Crippen LogP contribution < -0.4 is 0 Å². The Hall–Kier alpha value is -2.77. The van der Waals surface area contributed by atoms with Gasteiger partial charge < -0.3 is 0 Å². The van der Waals surface area contributed by atoms with Gasteiger partial charge in [-0.3, -0.25) is 14.8 Å². The lowest BCUT2D eigenvalue weighted by Crippen LogP contribution is -2.05. The van der Waals surface area contributed by atoms with Gasteiger partial charge >= 0.3 is 0 Å². The van der Waals surface area contributed by atoms with E-state index in [9.17, 15) is 10.1 Å². The standard InChI is InChI=1S/C23H17Br2N3O2/c1-15-22(17-5-9-19(24)10-6-17)26-27(23(15)18-7-11-20(25)12-8-18)14-16-3-2-4-21(13-16)28(29)30/h2-13H,14H2,1H3. The van der Waals surface area contributed by atoms with Gasteiger partial charge in [-0.25, -0.2) is 0 Å². The first-order valence-electron chi connectivity index (χ1n) is 9.25. The summed E-state index contributed by atoms with van der Waals surface area (Å²) >= 11 is 6.97. The number of rotatable bonds is 5. The van der Waals surface area contributed by atoms with Crippen LogP contribution in [-0.2, 0) is 6.54 Å². The van der Waals surface area contributed by atoms with Gasteiger partial charge in [-0.15, -0.1) is 0 Å². The number of nitro benzene ring substituents is 1. The van der Waals surface area contributed by atoms with Gasteiger partial charge in [0.25, 0.3) is 5.69 Å². The van der Waals surface area contributed by atoms with Crippen molar-refractivity contribution in [2.45, 2.75) is 13.5 Å². The molecule has 0 atom stereocenters. The minimum atomic E-state index is -0.374. The Kier molecular flexibility index (Phi) is 5.83. The monoisotopic (exact) mass is 525 g/mol. The Bertz CT molecular complexity index is 1220. The number of nitro groups is 1. The van der Waals surface area contributed by atoms with E-state index in [1.807, 2.05) is 59.3 Å². The predicted octanol–water partition coefficient (Wildman–Crippen LogP) is 7.01. The fraction of sp³-hybridized carbons (Fsp3) is 0.0870. The molecule has 0 radical (unpaired) electrons. The third kappa shape index (κ3) is 4.22.